The second-order valence-corrected chi connectivity index (χ2v) is 5.73. The van der Waals surface area contributed by atoms with E-state index < -0.39 is 5.54 Å². The number of hydrogen-bond acceptors (Lipinski definition) is 3. The lowest BCUT2D eigenvalue weighted by Gasteiger charge is -2.28. The van der Waals surface area contributed by atoms with Crippen molar-refractivity contribution < 1.29 is 14.3 Å². The summed E-state index contributed by atoms with van der Waals surface area (Å²) in [5.41, 5.74) is -0.826. The van der Waals surface area contributed by atoms with E-state index in [-0.39, 0.29) is 11.8 Å². The van der Waals surface area contributed by atoms with Crippen molar-refractivity contribution in [1.29, 1.82) is 0 Å². The third-order valence-electron chi connectivity index (χ3n) is 3.47. The van der Waals surface area contributed by atoms with Crippen molar-refractivity contribution in [1.82, 2.24) is 10.2 Å². The zero-order valence-electron chi connectivity index (χ0n) is 12.6. The first-order valence-electron chi connectivity index (χ1n) is 7.27. The Labute approximate surface area is 125 Å². The summed E-state index contributed by atoms with van der Waals surface area (Å²) in [7, 11) is 0. The molecule has 1 aliphatic heterocycles. The van der Waals surface area contributed by atoms with E-state index in [1.165, 1.54) is 0 Å². The van der Waals surface area contributed by atoms with Gasteiger partial charge in [-0.15, -0.1) is 0 Å². The van der Waals surface area contributed by atoms with Gasteiger partial charge in [0, 0.05) is 19.5 Å². The molecule has 1 heterocycles. The van der Waals surface area contributed by atoms with E-state index in [4.69, 9.17) is 4.74 Å². The van der Waals surface area contributed by atoms with E-state index in [0.717, 1.165) is 12.2 Å². The molecule has 5 heteroatoms. The van der Waals surface area contributed by atoms with Gasteiger partial charge in [0.05, 0.1) is 6.61 Å². The molecule has 0 unspecified atom stereocenters. The van der Waals surface area contributed by atoms with Crippen molar-refractivity contribution in [3.05, 3.63) is 30.3 Å². The van der Waals surface area contributed by atoms with Gasteiger partial charge in [-0.25, -0.2) is 0 Å². The van der Waals surface area contributed by atoms with Crippen LogP contribution in [-0.2, 0) is 9.59 Å². The van der Waals surface area contributed by atoms with Crippen LogP contribution in [0.2, 0.25) is 0 Å². The fourth-order valence-corrected chi connectivity index (χ4v) is 2.37. The number of benzene rings is 1. The van der Waals surface area contributed by atoms with E-state index in [2.05, 4.69) is 5.32 Å². The lowest BCUT2D eigenvalue weighted by Crippen LogP contribution is -2.53. The number of carbonyl (C=O) groups excluding carboxylic acids is 2. The molecule has 0 aromatic heterocycles. The van der Waals surface area contributed by atoms with Crippen LogP contribution in [0.1, 0.15) is 26.7 Å². The predicted molar refractivity (Wildman–Crippen MR) is 80.0 cm³/mol. The van der Waals surface area contributed by atoms with Gasteiger partial charge in [0.2, 0.25) is 11.8 Å². The number of amides is 2. The zero-order chi connectivity index (χ0) is 15.3. The SMILES string of the molecule is CC1(C)NC(=O)CCN(CCCOc2ccccc2)C1=O. The highest BCUT2D eigenvalue weighted by Gasteiger charge is 2.36. The van der Waals surface area contributed by atoms with Crippen molar-refractivity contribution in [3.63, 3.8) is 0 Å². The van der Waals surface area contributed by atoms with E-state index in [1.807, 2.05) is 30.3 Å². The molecule has 0 spiro atoms. The first-order chi connectivity index (χ1) is 9.99. The summed E-state index contributed by atoms with van der Waals surface area (Å²) in [5, 5.41) is 2.75. The van der Waals surface area contributed by atoms with Crippen molar-refractivity contribution >= 4 is 11.8 Å². The first kappa shape index (κ1) is 15.4. The lowest BCUT2D eigenvalue weighted by molar-refractivity contribution is -0.137. The number of para-hydroxylation sites is 1. The first-order valence-corrected chi connectivity index (χ1v) is 7.27. The molecular weight excluding hydrogens is 268 g/mol. The van der Waals surface area contributed by atoms with Crippen LogP contribution in [-0.4, -0.2) is 41.9 Å². The van der Waals surface area contributed by atoms with Crippen molar-refractivity contribution in [2.24, 2.45) is 0 Å². The van der Waals surface area contributed by atoms with Gasteiger partial charge in [0.1, 0.15) is 11.3 Å². The molecule has 1 N–H and O–H groups in total. The molecule has 5 nitrogen and oxygen atoms in total. The molecule has 0 aliphatic carbocycles. The van der Waals surface area contributed by atoms with Crippen LogP contribution in [0.4, 0.5) is 0 Å². The smallest absolute Gasteiger partial charge is 0.247 e. The average molecular weight is 290 g/mol. The molecule has 114 valence electrons. The quantitative estimate of drug-likeness (QED) is 0.838. The van der Waals surface area contributed by atoms with Gasteiger partial charge in [0.25, 0.3) is 0 Å². The maximum absolute atomic E-state index is 12.3. The maximum Gasteiger partial charge on any atom is 0.247 e. The van der Waals surface area contributed by atoms with Gasteiger partial charge < -0.3 is 15.0 Å². The summed E-state index contributed by atoms with van der Waals surface area (Å²) in [4.78, 5) is 25.7. The standard InChI is InChI=1S/C16H22N2O3/c1-16(2)15(20)18(11-9-14(19)17-16)10-6-12-21-13-7-4-3-5-8-13/h3-5,7-8H,6,9-12H2,1-2H3,(H,17,19). The Morgan fingerprint density at radius 1 is 1.24 bits per heavy atom. The zero-order valence-corrected chi connectivity index (χ0v) is 12.6. The highest BCUT2D eigenvalue weighted by atomic mass is 16.5. The van der Waals surface area contributed by atoms with E-state index in [1.54, 1.807) is 18.7 Å². The number of nitrogens with zero attached hydrogens (tertiary/aromatic N) is 1. The van der Waals surface area contributed by atoms with E-state index in [9.17, 15) is 9.59 Å². The minimum absolute atomic E-state index is 0.0342. The van der Waals surface area contributed by atoms with Crippen molar-refractivity contribution in [2.45, 2.75) is 32.2 Å². The van der Waals surface area contributed by atoms with E-state index >= 15 is 0 Å². The number of carbonyl (C=O) groups is 2. The van der Waals surface area contributed by atoms with Crippen LogP contribution < -0.4 is 10.1 Å². The Kier molecular flexibility index (Phi) is 4.83. The summed E-state index contributed by atoms with van der Waals surface area (Å²) in [6.07, 6.45) is 1.10. The molecule has 0 saturated carbocycles. The molecular formula is C16H22N2O3. The van der Waals surface area contributed by atoms with Gasteiger partial charge in [-0.3, -0.25) is 9.59 Å². The summed E-state index contributed by atoms with van der Waals surface area (Å²) in [5.74, 6) is 0.723. The van der Waals surface area contributed by atoms with Gasteiger partial charge in [-0.1, -0.05) is 18.2 Å². The van der Waals surface area contributed by atoms with Crippen LogP contribution >= 0.6 is 0 Å². The van der Waals surface area contributed by atoms with Crippen LogP contribution in [0.15, 0.2) is 30.3 Å². The highest BCUT2D eigenvalue weighted by molar-refractivity contribution is 5.92. The summed E-state index contributed by atoms with van der Waals surface area (Å²) in [6.45, 7) is 5.11. The Balaban J connectivity index is 1.82. The molecule has 0 atom stereocenters. The number of hydrogen-bond donors (Lipinski definition) is 1. The Bertz CT molecular complexity index is 500. The minimum atomic E-state index is -0.826. The topological polar surface area (TPSA) is 58.6 Å². The largest absolute Gasteiger partial charge is 0.494 e. The lowest BCUT2D eigenvalue weighted by atomic mass is 10.0. The van der Waals surface area contributed by atoms with Crippen LogP contribution in [0.3, 0.4) is 0 Å². The Hall–Kier alpha value is -2.04. The minimum Gasteiger partial charge on any atom is -0.494 e. The summed E-state index contributed by atoms with van der Waals surface area (Å²) in [6, 6.07) is 9.60. The molecule has 0 radical (unpaired) electrons. The summed E-state index contributed by atoms with van der Waals surface area (Å²) >= 11 is 0. The number of ether oxygens (including phenoxy) is 1. The molecule has 2 amide bonds. The van der Waals surface area contributed by atoms with Gasteiger partial charge in [-0.05, 0) is 32.4 Å². The second kappa shape index (κ2) is 6.61. The third kappa shape index (κ3) is 4.21. The summed E-state index contributed by atoms with van der Waals surface area (Å²) < 4.78 is 5.62. The fourth-order valence-electron chi connectivity index (χ4n) is 2.37. The van der Waals surface area contributed by atoms with E-state index in [0.29, 0.717) is 26.1 Å². The average Bonchev–Trinajstić information content (AvgIpc) is 2.55. The second-order valence-electron chi connectivity index (χ2n) is 5.73. The highest BCUT2D eigenvalue weighted by Crippen LogP contribution is 2.14. The molecule has 2 rings (SSSR count). The Morgan fingerprint density at radius 3 is 2.67 bits per heavy atom. The van der Waals surface area contributed by atoms with Gasteiger partial charge >= 0.3 is 0 Å². The molecule has 1 fully saturated rings. The molecule has 1 aromatic carbocycles. The van der Waals surface area contributed by atoms with Crippen molar-refractivity contribution in [3.8, 4) is 5.75 Å². The molecule has 1 aliphatic rings. The normalized spacial score (nSPS) is 18.1. The number of rotatable bonds is 5. The monoisotopic (exact) mass is 290 g/mol. The molecule has 0 bridgehead atoms. The third-order valence-corrected chi connectivity index (χ3v) is 3.47. The van der Waals surface area contributed by atoms with Gasteiger partial charge in [0.15, 0.2) is 0 Å². The fraction of sp³-hybridized carbons (Fsp3) is 0.500. The van der Waals surface area contributed by atoms with Crippen LogP contribution in [0.5, 0.6) is 5.75 Å². The molecule has 21 heavy (non-hydrogen) atoms. The predicted octanol–water partition coefficient (Wildman–Crippen LogP) is 1.58. The van der Waals surface area contributed by atoms with Gasteiger partial charge in [-0.2, -0.15) is 0 Å². The van der Waals surface area contributed by atoms with Crippen molar-refractivity contribution in [2.75, 3.05) is 19.7 Å². The number of nitrogens with one attached hydrogen (secondary N) is 1. The van der Waals surface area contributed by atoms with Crippen LogP contribution in [0, 0.1) is 0 Å². The van der Waals surface area contributed by atoms with Crippen LogP contribution in [0.25, 0.3) is 0 Å². The molecule has 1 saturated heterocycles. The molecule has 1 aromatic rings. The Morgan fingerprint density at radius 2 is 1.95 bits per heavy atom. The maximum atomic E-state index is 12.3.